The average molecular weight is 442 g/mol. The van der Waals surface area contributed by atoms with Gasteiger partial charge in [0.25, 0.3) is 0 Å². The number of carbonyl (C=O) groups is 1. The van der Waals surface area contributed by atoms with Crippen LogP contribution in [0.3, 0.4) is 0 Å². The predicted molar refractivity (Wildman–Crippen MR) is 96.8 cm³/mol. The number of carbonyl (C=O) groups excluding carboxylic acids is 1. The minimum absolute atomic E-state index is 0.346. The second-order valence-electron chi connectivity index (χ2n) is 4.93. The summed E-state index contributed by atoms with van der Waals surface area (Å²) in [4.78, 5) is 16.1. The van der Waals surface area contributed by atoms with Gasteiger partial charge in [-0.1, -0.05) is 17.7 Å². The van der Waals surface area contributed by atoms with Crippen LogP contribution in [-0.2, 0) is 11.3 Å². The third kappa shape index (κ3) is 3.64. The fraction of sp³-hybridized carbons (Fsp3) is 0.188. The van der Waals surface area contributed by atoms with Crippen molar-refractivity contribution >= 4 is 51.1 Å². The number of hydrogen-bond donors (Lipinski definition) is 0. The van der Waals surface area contributed by atoms with Crippen molar-refractivity contribution in [3.8, 4) is 0 Å². The molecule has 0 saturated carbocycles. The number of aromatic nitrogens is 3. The highest BCUT2D eigenvalue weighted by Gasteiger charge is 2.15. The van der Waals surface area contributed by atoms with Crippen molar-refractivity contribution in [1.29, 1.82) is 0 Å². The van der Waals surface area contributed by atoms with E-state index < -0.39 is 0 Å². The van der Waals surface area contributed by atoms with Gasteiger partial charge in [-0.2, -0.15) is 5.10 Å². The topological polar surface area (TPSA) is 57.0 Å². The lowest BCUT2D eigenvalue weighted by Crippen LogP contribution is -2.05. The zero-order valence-corrected chi connectivity index (χ0v) is 15.2. The van der Waals surface area contributed by atoms with Gasteiger partial charge < -0.3 is 4.74 Å². The van der Waals surface area contributed by atoms with Crippen LogP contribution in [-0.4, -0.2) is 27.3 Å². The van der Waals surface area contributed by atoms with Crippen molar-refractivity contribution in [2.24, 2.45) is 0 Å². The number of pyridine rings is 1. The van der Waals surface area contributed by atoms with Crippen LogP contribution in [0.25, 0.3) is 10.9 Å². The van der Waals surface area contributed by atoms with Gasteiger partial charge in [0, 0.05) is 17.8 Å². The Morgan fingerprint density at radius 2 is 2.22 bits per heavy atom. The Bertz CT molecular complexity index is 879. The van der Waals surface area contributed by atoms with Crippen LogP contribution in [0.5, 0.6) is 0 Å². The maximum absolute atomic E-state index is 11.8. The van der Waals surface area contributed by atoms with Crippen LogP contribution >= 0.6 is 34.2 Å². The van der Waals surface area contributed by atoms with E-state index in [-0.39, 0.29) is 5.97 Å². The van der Waals surface area contributed by atoms with Gasteiger partial charge in [-0.3, -0.25) is 9.67 Å². The molecule has 5 nitrogen and oxygen atoms in total. The maximum atomic E-state index is 11.8. The first kappa shape index (κ1) is 16.2. The third-order valence-electron chi connectivity index (χ3n) is 3.27. The highest BCUT2D eigenvalue weighted by molar-refractivity contribution is 14.1. The molecule has 0 bridgehead atoms. The Kier molecular flexibility index (Phi) is 4.82. The van der Waals surface area contributed by atoms with Crippen LogP contribution in [0, 0.1) is 3.70 Å². The minimum Gasteiger partial charge on any atom is -0.462 e. The first-order valence-electron chi connectivity index (χ1n) is 7.01. The van der Waals surface area contributed by atoms with Gasteiger partial charge in [-0.05, 0) is 53.3 Å². The molecule has 23 heavy (non-hydrogen) atoms. The number of esters is 1. The van der Waals surface area contributed by atoms with E-state index in [1.54, 1.807) is 24.0 Å². The molecule has 7 heteroatoms. The molecule has 0 radical (unpaired) electrons. The third-order valence-corrected chi connectivity index (χ3v) is 4.27. The number of hydrogen-bond acceptors (Lipinski definition) is 4. The van der Waals surface area contributed by atoms with E-state index in [9.17, 15) is 4.79 Å². The second kappa shape index (κ2) is 6.84. The number of ether oxygens (including phenoxy) is 1. The summed E-state index contributed by atoms with van der Waals surface area (Å²) < 4.78 is 7.38. The molecule has 118 valence electrons. The molecule has 2 heterocycles. The first-order chi connectivity index (χ1) is 11.1. The molecule has 0 saturated heterocycles. The minimum atomic E-state index is -0.349. The smallest absolute Gasteiger partial charge is 0.342 e. The molecular formula is C16H13ClIN3O2. The van der Waals surface area contributed by atoms with Gasteiger partial charge in [0.2, 0.25) is 0 Å². The molecule has 0 unspecified atom stereocenters. The zero-order valence-electron chi connectivity index (χ0n) is 12.3. The maximum Gasteiger partial charge on any atom is 0.342 e. The van der Waals surface area contributed by atoms with Crippen LogP contribution in [0.1, 0.15) is 22.8 Å². The molecule has 3 rings (SSSR count). The lowest BCUT2D eigenvalue weighted by molar-refractivity contribution is 0.0525. The fourth-order valence-corrected chi connectivity index (χ4v) is 3.07. The van der Waals surface area contributed by atoms with Crippen LogP contribution in [0.2, 0.25) is 5.02 Å². The van der Waals surface area contributed by atoms with Gasteiger partial charge in [0.1, 0.15) is 9.26 Å². The highest BCUT2D eigenvalue weighted by Crippen LogP contribution is 2.19. The number of nitrogens with zero attached hydrogens (tertiary/aromatic N) is 3. The summed E-state index contributed by atoms with van der Waals surface area (Å²) in [6.45, 7) is 2.68. The molecule has 0 aliphatic heterocycles. The van der Waals surface area contributed by atoms with Crippen molar-refractivity contribution in [2.75, 3.05) is 6.61 Å². The molecular weight excluding hydrogens is 429 g/mol. The summed E-state index contributed by atoms with van der Waals surface area (Å²) in [5.41, 5.74) is 2.43. The lowest BCUT2D eigenvalue weighted by atomic mass is 10.1. The van der Waals surface area contributed by atoms with Crippen molar-refractivity contribution in [3.05, 3.63) is 56.5 Å². The van der Waals surface area contributed by atoms with E-state index in [4.69, 9.17) is 16.3 Å². The van der Waals surface area contributed by atoms with Crippen molar-refractivity contribution in [3.63, 3.8) is 0 Å². The van der Waals surface area contributed by atoms with Crippen molar-refractivity contribution < 1.29 is 9.53 Å². The SMILES string of the molecule is CCOC(=O)c1cn(Cc2ccc3ncc(Cl)cc3c2)nc1I. The molecule has 0 aliphatic carbocycles. The van der Waals surface area contributed by atoms with E-state index in [1.165, 1.54) is 0 Å². The zero-order chi connectivity index (χ0) is 16.4. The predicted octanol–water partition coefficient (Wildman–Crippen LogP) is 3.91. The number of fused-ring (bicyclic) bond motifs is 1. The van der Waals surface area contributed by atoms with E-state index >= 15 is 0 Å². The summed E-state index contributed by atoms with van der Waals surface area (Å²) in [5, 5.41) is 5.95. The van der Waals surface area contributed by atoms with Crippen LogP contribution < -0.4 is 0 Å². The largest absolute Gasteiger partial charge is 0.462 e. The van der Waals surface area contributed by atoms with E-state index in [2.05, 4.69) is 10.1 Å². The normalized spacial score (nSPS) is 10.9. The molecule has 3 aromatic rings. The summed E-state index contributed by atoms with van der Waals surface area (Å²) in [7, 11) is 0. The molecule has 0 aliphatic rings. The molecule has 0 atom stereocenters. The Balaban J connectivity index is 1.87. The van der Waals surface area contributed by atoms with Crippen LogP contribution in [0.15, 0.2) is 36.7 Å². The highest BCUT2D eigenvalue weighted by atomic mass is 127. The quantitative estimate of drug-likeness (QED) is 0.455. The van der Waals surface area contributed by atoms with Gasteiger partial charge >= 0.3 is 5.97 Å². The van der Waals surface area contributed by atoms with Crippen molar-refractivity contribution in [2.45, 2.75) is 13.5 Å². The molecule has 0 fully saturated rings. The Hall–Kier alpha value is -1.67. The Morgan fingerprint density at radius 1 is 1.39 bits per heavy atom. The van der Waals surface area contributed by atoms with E-state index in [0.29, 0.717) is 27.4 Å². The molecule has 2 aromatic heterocycles. The monoisotopic (exact) mass is 441 g/mol. The molecule has 0 N–H and O–H groups in total. The summed E-state index contributed by atoms with van der Waals surface area (Å²) in [6, 6.07) is 7.83. The molecule has 1 aromatic carbocycles. The van der Waals surface area contributed by atoms with Gasteiger partial charge in [-0.25, -0.2) is 4.79 Å². The van der Waals surface area contributed by atoms with Gasteiger partial charge in [-0.15, -0.1) is 0 Å². The number of halogens is 2. The van der Waals surface area contributed by atoms with Gasteiger partial charge in [0.15, 0.2) is 0 Å². The standard InChI is InChI=1S/C16H13ClIN3O2/c1-2-23-16(22)13-9-21(20-15(13)18)8-10-3-4-14-11(5-10)6-12(17)7-19-14/h3-7,9H,2,8H2,1H3. The first-order valence-corrected chi connectivity index (χ1v) is 8.46. The number of rotatable bonds is 4. The molecule has 0 amide bonds. The lowest BCUT2D eigenvalue weighted by Gasteiger charge is -2.04. The fourth-order valence-electron chi connectivity index (χ4n) is 2.26. The van der Waals surface area contributed by atoms with Crippen LogP contribution in [0.4, 0.5) is 0 Å². The van der Waals surface area contributed by atoms with Crippen molar-refractivity contribution in [1.82, 2.24) is 14.8 Å². The molecule has 0 spiro atoms. The summed E-state index contributed by atoms with van der Waals surface area (Å²) >= 11 is 8.02. The second-order valence-corrected chi connectivity index (χ2v) is 6.39. The van der Waals surface area contributed by atoms with Gasteiger partial charge in [0.05, 0.1) is 23.7 Å². The number of benzene rings is 1. The van der Waals surface area contributed by atoms with E-state index in [1.807, 2.05) is 46.9 Å². The van der Waals surface area contributed by atoms with E-state index in [0.717, 1.165) is 16.5 Å². The summed E-state index contributed by atoms with van der Waals surface area (Å²) in [6.07, 6.45) is 3.34. The Labute approximate surface area is 151 Å². The average Bonchev–Trinajstić information content (AvgIpc) is 2.87. The summed E-state index contributed by atoms with van der Waals surface area (Å²) in [5.74, 6) is -0.349. The Morgan fingerprint density at radius 3 is 3.00 bits per heavy atom.